The predicted molar refractivity (Wildman–Crippen MR) is 100.0 cm³/mol. The molecule has 146 valence electrons. The van der Waals surface area contributed by atoms with Gasteiger partial charge in [0.15, 0.2) is 5.78 Å². The number of aliphatic hydroxyl groups is 1. The van der Waals surface area contributed by atoms with Crippen LogP contribution in [0, 0.1) is 5.92 Å². The SMILES string of the molecule is CC(=O)c1ccc(OCC(O)CN2CCCC(CNS(C)(=O)=O)C2)cc1. The zero-order chi connectivity index (χ0) is 19.2. The third kappa shape index (κ3) is 7.41. The Bertz CT molecular complexity index is 690. The van der Waals surface area contributed by atoms with Crippen molar-refractivity contribution in [2.24, 2.45) is 5.92 Å². The molecule has 1 aliphatic heterocycles. The van der Waals surface area contributed by atoms with Gasteiger partial charge in [0.2, 0.25) is 10.0 Å². The molecule has 0 amide bonds. The largest absolute Gasteiger partial charge is 0.491 e. The van der Waals surface area contributed by atoms with Gasteiger partial charge >= 0.3 is 0 Å². The molecular formula is C18H28N2O5S. The second-order valence-corrected chi connectivity index (χ2v) is 8.77. The number of hydrogen-bond donors (Lipinski definition) is 2. The summed E-state index contributed by atoms with van der Waals surface area (Å²) >= 11 is 0. The molecule has 8 heteroatoms. The molecular weight excluding hydrogens is 356 g/mol. The van der Waals surface area contributed by atoms with Gasteiger partial charge in [0.25, 0.3) is 0 Å². The van der Waals surface area contributed by atoms with Crippen molar-refractivity contribution in [3.63, 3.8) is 0 Å². The van der Waals surface area contributed by atoms with E-state index in [2.05, 4.69) is 9.62 Å². The summed E-state index contributed by atoms with van der Waals surface area (Å²) in [7, 11) is -3.17. The van der Waals surface area contributed by atoms with Crippen LogP contribution in [-0.4, -0.2) is 69.4 Å². The topological polar surface area (TPSA) is 95.9 Å². The van der Waals surface area contributed by atoms with Gasteiger partial charge in [-0.2, -0.15) is 0 Å². The number of β-amino-alcohol motifs (C(OH)–C–C–N with tert-alkyl or cyclic N) is 1. The minimum absolute atomic E-state index is 0.00148. The highest BCUT2D eigenvalue weighted by Gasteiger charge is 2.22. The highest BCUT2D eigenvalue weighted by molar-refractivity contribution is 7.88. The molecule has 0 aliphatic carbocycles. The Balaban J connectivity index is 1.74. The molecule has 26 heavy (non-hydrogen) atoms. The molecule has 0 bridgehead atoms. The van der Waals surface area contributed by atoms with E-state index in [9.17, 15) is 18.3 Å². The van der Waals surface area contributed by atoms with Crippen molar-refractivity contribution in [1.29, 1.82) is 0 Å². The molecule has 1 aromatic carbocycles. The molecule has 2 rings (SSSR count). The Morgan fingerprint density at radius 3 is 2.69 bits per heavy atom. The number of hydrogen-bond acceptors (Lipinski definition) is 6. The minimum Gasteiger partial charge on any atom is -0.491 e. The zero-order valence-corrected chi connectivity index (χ0v) is 16.2. The molecule has 1 aromatic rings. The summed E-state index contributed by atoms with van der Waals surface area (Å²) in [6, 6.07) is 6.84. The number of nitrogens with one attached hydrogen (secondary N) is 1. The van der Waals surface area contributed by atoms with Gasteiger partial charge in [-0.3, -0.25) is 4.79 Å². The fourth-order valence-corrected chi connectivity index (χ4v) is 3.62. The quantitative estimate of drug-likeness (QED) is 0.614. The summed E-state index contributed by atoms with van der Waals surface area (Å²) in [5.74, 6) is 0.871. The van der Waals surface area contributed by atoms with Gasteiger partial charge in [0.1, 0.15) is 18.5 Å². The van der Waals surface area contributed by atoms with Crippen molar-refractivity contribution < 1.29 is 23.1 Å². The lowest BCUT2D eigenvalue weighted by Gasteiger charge is -2.33. The monoisotopic (exact) mass is 384 g/mol. The van der Waals surface area contributed by atoms with Crippen molar-refractivity contribution >= 4 is 15.8 Å². The summed E-state index contributed by atoms with van der Waals surface area (Å²) in [4.78, 5) is 13.4. The fraction of sp³-hybridized carbons (Fsp3) is 0.611. The van der Waals surface area contributed by atoms with E-state index in [-0.39, 0.29) is 18.3 Å². The van der Waals surface area contributed by atoms with Crippen LogP contribution in [0.1, 0.15) is 30.1 Å². The second-order valence-electron chi connectivity index (χ2n) is 6.93. The molecule has 0 spiro atoms. The first-order valence-electron chi connectivity index (χ1n) is 8.82. The lowest BCUT2D eigenvalue weighted by atomic mass is 9.98. The van der Waals surface area contributed by atoms with Crippen LogP contribution >= 0.6 is 0 Å². The maximum atomic E-state index is 11.2. The molecule has 0 aromatic heterocycles. The number of ether oxygens (including phenoxy) is 1. The number of sulfonamides is 1. The normalized spacial score (nSPS) is 19.9. The van der Waals surface area contributed by atoms with Crippen LogP contribution in [0.4, 0.5) is 0 Å². The van der Waals surface area contributed by atoms with Gasteiger partial charge in [0, 0.05) is 25.2 Å². The van der Waals surface area contributed by atoms with Crippen LogP contribution in [0.3, 0.4) is 0 Å². The average molecular weight is 384 g/mol. The summed E-state index contributed by atoms with van der Waals surface area (Å²) in [6.07, 6.45) is 2.49. The third-order valence-corrected chi connectivity index (χ3v) is 5.10. The number of carbonyl (C=O) groups excluding carboxylic acids is 1. The van der Waals surface area contributed by atoms with Crippen LogP contribution in [0.25, 0.3) is 0 Å². The molecule has 1 aliphatic rings. The van der Waals surface area contributed by atoms with Gasteiger partial charge in [-0.25, -0.2) is 13.1 Å². The first kappa shape index (κ1) is 20.8. The summed E-state index contributed by atoms with van der Waals surface area (Å²) in [5, 5.41) is 10.2. The summed E-state index contributed by atoms with van der Waals surface area (Å²) in [5.41, 5.74) is 0.625. The van der Waals surface area contributed by atoms with E-state index in [0.29, 0.717) is 24.4 Å². The number of Topliss-reactive ketones (excluding diaryl/α,β-unsaturated/α-hetero) is 1. The highest BCUT2D eigenvalue weighted by Crippen LogP contribution is 2.17. The number of benzene rings is 1. The number of aliphatic hydroxyl groups excluding tert-OH is 1. The Morgan fingerprint density at radius 2 is 2.08 bits per heavy atom. The standard InChI is InChI=1S/C18H28N2O5S/c1-14(21)16-5-7-18(8-6-16)25-13-17(22)12-20-9-3-4-15(11-20)10-19-26(2,23)24/h5-8,15,17,19,22H,3-4,9-13H2,1-2H3. The van der Waals surface area contributed by atoms with E-state index in [1.54, 1.807) is 24.3 Å². The molecule has 1 fully saturated rings. The van der Waals surface area contributed by atoms with Crippen LogP contribution in [0.5, 0.6) is 5.75 Å². The van der Waals surface area contributed by atoms with Crippen molar-refractivity contribution in [2.45, 2.75) is 25.9 Å². The van der Waals surface area contributed by atoms with Gasteiger partial charge in [-0.1, -0.05) is 0 Å². The third-order valence-electron chi connectivity index (χ3n) is 4.41. The van der Waals surface area contributed by atoms with E-state index >= 15 is 0 Å². The van der Waals surface area contributed by atoms with E-state index in [4.69, 9.17) is 4.74 Å². The first-order valence-corrected chi connectivity index (χ1v) is 10.7. The molecule has 7 nitrogen and oxygen atoms in total. The van der Waals surface area contributed by atoms with E-state index < -0.39 is 16.1 Å². The van der Waals surface area contributed by atoms with Crippen LogP contribution in [0.15, 0.2) is 24.3 Å². The Labute approximate surface area is 155 Å². The lowest BCUT2D eigenvalue weighted by molar-refractivity contribution is 0.0524. The smallest absolute Gasteiger partial charge is 0.208 e. The number of carbonyl (C=O) groups is 1. The van der Waals surface area contributed by atoms with Gasteiger partial charge in [-0.15, -0.1) is 0 Å². The summed E-state index contributed by atoms with van der Waals surface area (Å²) in [6.45, 7) is 4.25. The van der Waals surface area contributed by atoms with E-state index in [1.807, 2.05) is 0 Å². The fourth-order valence-electron chi connectivity index (χ4n) is 3.08. The number of ketones is 1. The molecule has 2 N–H and O–H groups in total. The number of piperidine rings is 1. The molecule has 0 saturated carbocycles. The lowest BCUT2D eigenvalue weighted by Crippen LogP contribution is -2.44. The average Bonchev–Trinajstić information content (AvgIpc) is 2.58. The number of nitrogens with zero attached hydrogens (tertiary/aromatic N) is 1. The second kappa shape index (κ2) is 9.45. The highest BCUT2D eigenvalue weighted by atomic mass is 32.2. The van der Waals surface area contributed by atoms with Crippen LogP contribution in [-0.2, 0) is 10.0 Å². The Hall–Kier alpha value is -1.48. The van der Waals surface area contributed by atoms with Crippen molar-refractivity contribution in [3.05, 3.63) is 29.8 Å². The van der Waals surface area contributed by atoms with Crippen molar-refractivity contribution in [2.75, 3.05) is 39.0 Å². The van der Waals surface area contributed by atoms with E-state index in [0.717, 1.165) is 32.2 Å². The van der Waals surface area contributed by atoms with Crippen molar-refractivity contribution in [3.8, 4) is 5.75 Å². The van der Waals surface area contributed by atoms with Gasteiger partial charge in [-0.05, 0) is 56.5 Å². The molecule has 2 atom stereocenters. The van der Waals surface area contributed by atoms with Crippen LogP contribution < -0.4 is 9.46 Å². The maximum Gasteiger partial charge on any atom is 0.208 e. The maximum absolute atomic E-state index is 11.2. The van der Waals surface area contributed by atoms with Crippen LogP contribution in [0.2, 0.25) is 0 Å². The predicted octanol–water partition coefficient (Wildman–Crippen LogP) is 0.890. The first-order chi connectivity index (χ1) is 12.2. The molecule has 2 unspecified atom stereocenters. The van der Waals surface area contributed by atoms with Crippen molar-refractivity contribution in [1.82, 2.24) is 9.62 Å². The zero-order valence-electron chi connectivity index (χ0n) is 15.3. The van der Waals surface area contributed by atoms with E-state index in [1.165, 1.54) is 6.92 Å². The Kier molecular flexibility index (Phi) is 7.57. The number of likely N-dealkylation sites (tertiary alicyclic amines) is 1. The van der Waals surface area contributed by atoms with Gasteiger partial charge < -0.3 is 14.7 Å². The Morgan fingerprint density at radius 1 is 1.38 bits per heavy atom. The molecule has 1 saturated heterocycles. The minimum atomic E-state index is -3.17. The summed E-state index contributed by atoms with van der Waals surface area (Å²) < 4.78 is 30.6. The van der Waals surface area contributed by atoms with Gasteiger partial charge in [0.05, 0.1) is 6.26 Å². The molecule has 0 radical (unpaired) electrons. The number of rotatable bonds is 9. The molecule has 1 heterocycles.